The van der Waals surface area contributed by atoms with Crippen LogP contribution in [0.25, 0.3) is 0 Å². The van der Waals surface area contributed by atoms with Crippen molar-refractivity contribution >= 4 is 5.91 Å². The Labute approximate surface area is 144 Å². The molecule has 3 rings (SSSR count). The van der Waals surface area contributed by atoms with Crippen molar-refractivity contribution in [3.05, 3.63) is 29.3 Å². The molecule has 0 bridgehead atoms. The molecular weight excluding hydrogens is 304 g/mol. The molecule has 0 spiro atoms. The lowest BCUT2D eigenvalue weighted by molar-refractivity contribution is -0.0601. The van der Waals surface area contributed by atoms with E-state index >= 15 is 0 Å². The molecule has 0 aromatic heterocycles. The van der Waals surface area contributed by atoms with Crippen LogP contribution in [0.5, 0.6) is 5.75 Å². The lowest BCUT2D eigenvalue weighted by Gasteiger charge is -2.53. The van der Waals surface area contributed by atoms with Crippen molar-refractivity contribution in [2.24, 2.45) is 5.41 Å². The van der Waals surface area contributed by atoms with Crippen LogP contribution >= 0.6 is 0 Å². The summed E-state index contributed by atoms with van der Waals surface area (Å²) in [5, 5.41) is 10.0. The number of methoxy groups -OCH3 is 1. The average molecular weight is 332 g/mol. The maximum Gasteiger partial charge on any atom is 0.254 e. The first kappa shape index (κ1) is 17.2. The number of carbonyl (C=O) groups is 1. The summed E-state index contributed by atoms with van der Waals surface area (Å²) in [5.41, 5.74) is 1.55. The molecule has 2 atom stereocenters. The highest BCUT2D eigenvalue weighted by Gasteiger charge is 2.47. The predicted molar refractivity (Wildman–Crippen MR) is 93.4 cm³/mol. The lowest BCUT2D eigenvalue weighted by Crippen LogP contribution is -2.62. The van der Waals surface area contributed by atoms with E-state index in [0.29, 0.717) is 18.7 Å². The second kappa shape index (κ2) is 6.73. The van der Waals surface area contributed by atoms with Gasteiger partial charge in [-0.05, 0) is 51.9 Å². The summed E-state index contributed by atoms with van der Waals surface area (Å²) in [4.78, 5) is 17.3. The zero-order chi connectivity index (χ0) is 17.3. The summed E-state index contributed by atoms with van der Waals surface area (Å²) >= 11 is 0. The van der Waals surface area contributed by atoms with Crippen LogP contribution in [-0.4, -0.2) is 67.3 Å². The molecule has 1 aromatic rings. The second-order valence-corrected chi connectivity index (χ2v) is 7.25. The Kier molecular flexibility index (Phi) is 4.83. The molecule has 5 heteroatoms. The lowest BCUT2D eigenvalue weighted by atomic mass is 9.69. The highest BCUT2D eigenvalue weighted by Crippen LogP contribution is 2.41. The molecule has 1 aromatic carbocycles. The number of ether oxygens (including phenoxy) is 1. The van der Waals surface area contributed by atoms with Crippen LogP contribution in [0.3, 0.4) is 0 Å². The number of aliphatic hydroxyl groups excluding tert-OH is 1. The number of likely N-dealkylation sites (N-methyl/N-ethyl adjacent to an activating group) is 1. The fraction of sp³-hybridized carbons (Fsp3) is 0.632. The molecule has 24 heavy (non-hydrogen) atoms. The monoisotopic (exact) mass is 332 g/mol. The molecule has 0 aliphatic carbocycles. The van der Waals surface area contributed by atoms with E-state index in [1.807, 2.05) is 30.0 Å². The van der Waals surface area contributed by atoms with E-state index in [4.69, 9.17) is 4.74 Å². The van der Waals surface area contributed by atoms with Crippen molar-refractivity contribution in [2.45, 2.75) is 32.2 Å². The summed E-state index contributed by atoms with van der Waals surface area (Å²) in [6.45, 7) is 4.57. The predicted octanol–water partition coefficient (Wildman–Crippen LogP) is 1.92. The number of piperidine rings is 2. The van der Waals surface area contributed by atoms with E-state index in [2.05, 4.69) is 11.9 Å². The molecule has 0 unspecified atom stereocenters. The van der Waals surface area contributed by atoms with Gasteiger partial charge in [-0.25, -0.2) is 0 Å². The first-order valence-corrected chi connectivity index (χ1v) is 8.76. The Morgan fingerprint density at radius 2 is 2.17 bits per heavy atom. The van der Waals surface area contributed by atoms with Gasteiger partial charge in [0.25, 0.3) is 5.91 Å². The number of aliphatic hydroxyl groups is 1. The molecule has 2 aliphatic heterocycles. The van der Waals surface area contributed by atoms with Crippen LogP contribution < -0.4 is 4.74 Å². The van der Waals surface area contributed by atoms with Gasteiger partial charge in [0.15, 0.2) is 0 Å². The molecule has 132 valence electrons. The van der Waals surface area contributed by atoms with Crippen LogP contribution in [0.15, 0.2) is 18.2 Å². The van der Waals surface area contributed by atoms with Crippen LogP contribution in [-0.2, 0) is 0 Å². The largest absolute Gasteiger partial charge is 0.496 e. The Balaban J connectivity index is 1.83. The van der Waals surface area contributed by atoms with Crippen molar-refractivity contribution in [3.8, 4) is 5.75 Å². The van der Waals surface area contributed by atoms with Gasteiger partial charge in [-0.2, -0.15) is 0 Å². The summed E-state index contributed by atoms with van der Waals surface area (Å²) in [6.07, 6.45) is 3.04. The molecule has 2 saturated heterocycles. The van der Waals surface area contributed by atoms with E-state index < -0.39 is 0 Å². The number of fused-ring (bicyclic) bond motifs is 1. The smallest absolute Gasteiger partial charge is 0.254 e. The van der Waals surface area contributed by atoms with E-state index in [1.165, 1.54) is 0 Å². The first-order valence-electron chi connectivity index (χ1n) is 8.76. The van der Waals surface area contributed by atoms with Gasteiger partial charge in [0, 0.05) is 35.7 Å². The summed E-state index contributed by atoms with van der Waals surface area (Å²) in [6, 6.07) is 5.86. The fourth-order valence-electron chi connectivity index (χ4n) is 4.44. The summed E-state index contributed by atoms with van der Waals surface area (Å²) in [7, 11) is 3.74. The average Bonchev–Trinajstić information content (AvgIpc) is 2.61. The van der Waals surface area contributed by atoms with E-state index in [-0.39, 0.29) is 24.0 Å². The third-order valence-electron chi connectivity index (χ3n) is 6.03. The number of rotatable bonds is 3. The van der Waals surface area contributed by atoms with Crippen LogP contribution in [0.4, 0.5) is 0 Å². The first-order chi connectivity index (χ1) is 11.5. The Hall–Kier alpha value is -1.59. The molecule has 2 fully saturated rings. The normalized spacial score (nSPS) is 27.7. The Bertz CT molecular complexity index is 619. The van der Waals surface area contributed by atoms with Gasteiger partial charge in [-0.15, -0.1) is 0 Å². The minimum absolute atomic E-state index is 0.0484. The molecule has 2 heterocycles. The molecular formula is C19H28N2O3. The number of nitrogens with zero attached hydrogens (tertiary/aromatic N) is 2. The van der Waals surface area contributed by atoms with Gasteiger partial charge in [-0.3, -0.25) is 4.79 Å². The van der Waals surface area contributed by atoms with Crippen LogP contribution in [0, 0.1) is 12.3 Å². The van der Waals surface area contributed by atoms with Gasteiger partial charge < -0.3 is 19.6 Å². The standard InChI is InChI=1S/C19H28N2O3/c1-14-15(6-4-7-16(14)24-3)18(23)21-11-9-19(13-22)8-5-10-20(2)17(19)12-21/h4,6-7,17,22H,5,8-13H2,1-3H3/t17-,19-/m1/s1. The molecule has 2 aliphatic rings. The molecule has 1 N–H and O–H groups in total. The third kappa shape index (κ3) is 2.80. The quantitative estimate of drug-likeness (QED) is 0.919. The van der Waals surface area contributed by atoms with Crippen molar-refractivity contribution in [2.75, 3.05) is 40.4 Å². The number of amides is 1. The van der Waals surface area contributed by atoms with Gasteiger partial charge >= 0.3 is 0 Å². The van der Waals surface area contributed by atoms with Crippen molar-refractivity contribution in [1.82, 2.24) is 9.80 Å². The van der Waals surface area contributed by atoms with E-state index in [1.54, 1.807) is 7.11 Å². The molecule has 0 radical (unpaired) electrons. The number of hydrogen-bond acceptors (Lipinski definition) is 4. The Morgan fingerprint density at radius 3 is 2.88 bits per heavy atom. The zero-order valence-corrected chi connectivity index (χ0v) is 14.9. The highest BCUT2D eigenvalue weighted by atomic mass is 16.5. The molecule has 5 nitrogen and oxygen atoms in total. The second-order valence-electron chi connectivity index (χ2n) is 7.25. The molecule has 0 saturated carbocycles. The minimum atomic E-state index is -0.0484. The number of likely N-dealkylation sites (tertiary alicyclic amines) is 2. The van der Waals surface area contributed by atoms with Crippen molar-refractivity contribution in [3.63, 3.8) is 0 Å². The maximum atomic E-state index is 13.1. The van der Waals surface area contributed by atoms with Crippen molar-refractivity contribution < 1.29 is 14.6 Å². The summed E-state index contributed by atoms with van der Waals surface area (Å²) < 4.78 is 5.35. The van der Waals surface area contributed by atoms with Crippen LogP contribution in [0.1, 0.15) is 35.2 Å². The highest BCUT2D eigenvalue weighted by molar-refractivity contribution is 5.96. The third-order valence-corrected chi connectivity index (χ3v) is 6.03. The maximum absolute atomic E-state index is 13.1. The fourth-order valence-corrected chi connectivity index (χ4v) is 4.44. The SMILES string of the molecule is COc1cccc(C(=O)N2CC[C@@]3(CO)CCCN(C)[C@@H]3C2)c1C. The van der Waals surface area contributed by atoms with E-state index in [0.717, 1.165) is 37.1 Å². The zero-order valence-electron chi connectivity index (χ0n) is 14.9. The van der Waals surface area contributed by atoms with Crippen molar-refractivity contribution in [1.29, 1.82) is 0 Å². The minimum Gasteiger partial charge on any atom is -0.496 e. The molecule has 1 amide bonds. The topological polar surface area (TPSA) is 53.0 Å². The number of benzene rings is 1. The Morgan fingerprint density at radius 1 is 1.38 bits per heavy atom. The van der Waals surface area contributed by atoms with E-state index in [9.17, 15) is 9.90 Å². The van der Waals surface area contributed by atoms with Gasteiger partial charge in [0.2, 0.25) is 0 Å². The van der Waals surface area contributed by atoms with Gasteiger partial charge in [0.1, 0.15) is 5.75 Å². The number of carbonyl (C=O) groups excluding carboxylic acids is 1. The number of hydrogen-bond donors (Lipinski definition) is 1. The van der Waals surface area contributed by atoms with Crippen LogP contribution in [0.2, 0.25) is 0 Å². The summed E-state index contributed by atoms with van der Waals surface area (Å²) in [5.74, 6) is 0.814. The van der Waals surface area contributed by atoms with Gasteiger partial charge in [-0.1, -0.05) is 6.07 Å². The van der Waals surface area contributed by atoms with Gasteiger partial charge in [0.05, 0.1) is 13.7 Å².